The van der Waals surface area contributed by atoms with Gasteiger partial charge in [0.1, 0.15) is 17.2 Å². The number of carbonyl (C=O) groups excluding carboxylic acids is 2. The lowest BCUT2D eigenvalue weighted by atomic mass is 10.00. The third kappa shape index (κ3) is 4.15. The summed E-state index contributed by atoms with van der Waals surface area (Å²) < 4.78 is 45.5. The Balaban J connectivity index is 1.48. The summed E-state index contributed by atoms with van der Waals surface area (Å²) in [4.78, 5) is 28.9. The molecule has 0 atom stereocenters. The minimum atomic E-state index is -3.77. The van der Waals surface area contributed by atoms with Gasteiger partial charge in [-0.15, -0.1) is 0 Å². The Morgan fingerprint density at radius 1 is 1.12 bits per heavy atom. The molecule has 32 heavy (non-hydrogen) atoms. The molecule has 1 spiro atoms. The van der Waals surface area contributed by atoms with Crippen molar-refractivity contribution in [2.75, 3.05) is 19.7 Å². The number of aliphatic imine (C=N–C) groups is 1. The van der Waals surface area contributed by atoms with Crippen molar-refractivity contribution in [3.8, 4) is 0 Å². The Kier molecular flexibility index (Phi) is 5.83. The van der Waals surface area contributed by atoms with Gasteiger partial charge in [0.25, 0.3) is 5.91 Å². The van der Waals surface area contributed by atoms with Crippen LogP contribution in [0.25, 0.3) is 0 Å². The second-order valence-corrected chi connectivity index (χ2v) is 9.54. The first-order chi connectivity index (χ1) is 15.2. The molecule has 1 saturated heterocycles. The van der Waals surface area contributed by atoms with E-state index >= 15 is 0 Å². The zero-order valence-corrected chi connectivity index (χ0v) is 18.2. The summed E-state index contributed by atoms with van der Waals surface area (Å²) in [6, 6.07) is 11.1. The molecule has 4 rings (SSSR count). The number of nitrogens with one attached hydrogen (secondary N) is 1. The van der Waals surface area contributed by atoms with Crippen molar-refractivity contribution in [1.82, 2.24) is 9.62 Å². The van der Waals surface area contributed by atoms with Gasteiger partial charge in [0.2, 0.25) is 10.0 Å². The molecule has 0 bridgehead atoms. The number of piperidine rings is 1. The first-order valence-electron chi connectivity index (χ1n) is 10.2. The van der Waals surface area contributed by atoms with E-state index in [1.807, 2.05) is 0 Å². The number of ether oxygens (including phenoxy) is 1. The van der Waals surface area contributed by atoms with E-state index in [0.29, 0.717) is 18.4 Å². The van der Waals surface area contributed by atoms with Crippen LogP contribution in [0, 0.1) is 5.82 Å². The average Bonchev–Trinajstić information content (AvgIpc) is 3.10. The van der Waals surface area contributed by atoms with E-state index in [4.69, 9.17) is 4.74 Å². The summed E-state index contributed by atoms with van der Waals surface area (Å²) >= 11 is 0. The largest absolute Gasteiger partial charge is 0.462 e. The number of nitrogens with zero attached hydrogens (tertiary/aromatic N) is 2. The van der Waals surface area contributed by atoms with E-state index in [0.717, 1.165) is 0 Å². The van der Waals surface area contributed by atoms with Crippen LogP contribution >= 0.6 is 0 Å². The third-order valence-corrected chi connectivity index (χ3v) is 7.47. The molecule has 2 aromatic carbocycles. The molecule has 0 radical (unpaired) electrons. The third-order valence-electron chi connectivity index (χ3n) is 5.56. The number of hydrogen-bond donors (Lipinski definition) is 1. The lowest BCUT2D eigenvalue weighted by Crippen LogP contribution is -2.52. The number of hydrogen-bond acceptors (Lipinski definition) is 6. The Hall–Kier alpha value is -3.11. The lowest BCUT2D eigenvalue weighted by molar-refractivity contribution is -0.115. The molecule has 2 aromatic rings. The Morgan fingerprint density at radius 3 is 2.34 bits per heavy atom. The molecular weight excluding hydrogens is 437 g/mol. The molecule has 0 aromatic heterocycles. The van der Waals surface area contributed by atoms with Crippen LogP contribution in [-0.2, 0) is 19.6 Å². The molecule has 1 fully saturated rings. The molecule has 1 amide bonds. The van der Waals surface area contributed by atoms with Crippen molar-refractivity contribution >= 4 is 27.6 Å². The number of benzene rings is 2. The van der Waals surface area contributed by atoms with Crippen LogP contribution in [0.3, 0.4) is 0 Å². The summed E-state index contributed by atoms with van der Waals surface area (Å²) in [6.07, 6.45) is 0.618. The maximum Gasteiger partial charge on any atom is 0.338 e. The molecule has 0 unspecified atom stereocenters. The summed E-state index contributed by atoms with van der Waals surface area (Å²) in [6.45, 7) is 2.26. The monoisotopic (exact) mass is 459 g/mol. The van der Waals surface area contributed by atoms with Crippen LogP contribution in [0.15, 0.2) is 58.4 Å². The van der Waals surface area contributed by atoms with Crippen LogP contribution in [0.2, 0.25) is 0 Å². The highest BCUT2D eigenvalue weighted by Gasteiger charge is 2.44. The van der Waals surface area contributed by atoms with Crippen LogP contribution in [-0.4, -0.2) is 55.7 Å². The van der Waals surface area contributed by atoms with Crippen LogP contribution < -0.4 is 5.32 Å². The van der Waals surface area contributed by atoms with E-state index in [1.165, 1.54) is 52.8 Å². The fourth-order valence-corrected chi connectivity index (χ4v) is 5.27. The fraction of sp³-hybridized carbons (Fsp3) is 0.318. The molecule has 2 heterocycles. The van der Waals surface area contributed by atoms with Crippen LogP contribution in [0.4, 0.5) is 4.39 Å². The van der Waals surface area contributed by atoms with E-state index in [2.05, 4.69) is 10.3 Å². The Bertz CT molecular complexity index is 1170. The quantitative estimate of drug-likeness (QED) is 0.690. The summed E-state index contributed by atoms with van der Waals surface area (Å²) in [5, 5.41) is 2.87. The number of esters is 1. The minimum Gasteiger partial charge on any atom is -0.462 e. The Morgan fingerprint density at radius 2 is 1.75 bits per heavy atom. The normalized spacial score (nSPS) is 18.3. The van der Waals surface area contributed by atoms with E-state index in [1.54, 1.807) is 6.92 Å². The van der Waals surface area contributed by atoms with Crippen molar-refractivity contribution in [3.05, 3.63) is 65.5 Å². The van der Waals surface area contributed by atoms with Gasteiger partial charge in [-0.25, -0.2) is 17.6 Å². The number of halogens is 1. The predicted octanol–water partition coefficient (Wildman–Crippen LogP) is 2.10. The first kappa shape index (κ1) is 22.1. The second kappa shape index (κ2) is 8.44. The highest BCUT2D eigenvalue weighted by atomic mass is 32.2. The molecule has 0 aliphatic carbocycles. The van der Waals surface area contributed by atoms with Crippen molar-refractivity contribution in [1.29, 1.82) is 0 Å². The standard InChI is InChI=1S/C22H22FN3O5S/c1-2-31-21(28)16-5-9-18(10-6-16)32(29,30)26-13-11-22(12-14-26)24-19(20(27)25-22)15-3-7-17(23)8-4-15/h3-10H,2,11-14H2,1H3,(H,25,27). The predicted molar refractivity (Wildman–Crippen MR) is 114 cm³/mol. The zero-order chi connectivity index (χ0) is 22.9. The molecule has 168 valence electrons. The van der Waals surface area contributed by atoms with Gasteiger partial charge in [-0.1, -0.05) is 0 Å². The van der Waals surface area contributed by atoms with Crippen LogP contribution in [0.1, 0.15) is 35.7 Å². The fourth-order valence-electron chi connectivity index (χ4n) is 3.83. The van der Waals surface area contributed by atoms with E-state index in [-0.39, 0.29) is 41.8 Å². The van der Waals surface area contributed by atoms with Gasteiger partial charge < -0.3 is 10.1 Å². The number of rotatable bonds is 5. The summed E-state index contributed by atoms with van der Waals surface area (Å²) in [5.41, 5.74) is 0.133. The minimum absolute atomic E-state index is 0.0764. The Labute approximate surface area is 185 Å². The lowest BCUT2D eigenvalue weighted by Gasteiger charge is -2.36. The van der Waals surface area contributed by atoms with Gasteiger partial charge in [-0.05, 0) is 55.5 Å². The van der Waals surface area contributed by atoms with E-state index in [9.17, 15) is 22.4 Å². The number of amides is 1. The van der Waals surface area contributed by atoms with Crippen molar-refractivity contribution in [3.63, 3.8) is 0 Å². The smallest absolute Gasteiger partial charge is 0.338 e. The van der Waals surface area contributed by atoms with E-state index < -0.39 is 27.5 Å². The van der Waals surface area contributed by atoms with Crippen molar-refractivity contribution < 1.29 is 27.1 Å². The maximum absolute atomic E-state index is 13.2. The first-order valence-corrected chi connectivity index (χ1v) is 11.6. The zero-order valence-electron chi connectivity index (χ0n) is 17.4. The van der Waals surface area contributed by atoms with Gasteiger partial charge >= 0.3 is 5.97 Å². The molecule has 10 heteroatoms. The van der Waals surface area contributed by atoms with Crippen molar-refractivity contribution in [2.45, 2.75) is 30.3 Å². The number of carbonyl (C=O) groups is 2. The van der Waals surface area contributed by atoms with Gasteiger partial charge in [-0.3, -0.25) is 9.79 Å². The molecule has 2 aliphatic heterocycles. The van der Waals surface area contributed by atoms with Gasteiger partial charge in [-0.2, -0.15) is 4.31 Å². The topological polar surface area (TPSA) is 105 Å². The second-order valence-electron chi connectivity index (χ2n) is 7.60. The summed E-state index contributed by atoms with van der Waals surface area (Å²) in [7, 11) is -3.77. The number of sulfonamides is 1. The highest BCUT2D eigenvalue weighted by Crippen LogP contribution is 2.31. The summed E-state index contributed by atoms with van der Waals surface area (Å²) in [5.74, 6) is -1.28. The highest BCUT2D eigenvalue weighted by molar-refractivity contribution is 7.89. The molecule has 2 aliphatic rings. The van der Waals surface area contributed by atoms with Crippen molar-refractivity contribution in [2.24, 2.45) is 4.99 Å². The molecule has 8 nitrogen and oxygen atoms in total. The average molecular weight is 459 g/mol. The van der Waals surface area contributed by atoms with Crippen LogP contribution in [0.5, 0.6) is 0 Å². The molecule has 1 N–H and O–H groups in total. The SMILES string of the molecule is CCOC(=O)c1ccc(S(=O)(=O)N2CCC3(CC2)N=C(c2ccc(F)cc2)C(=O)N3)cc1. The van der Waals surface area contributed by atoms with Gasteiger partial charge in [0, 0.05) is 31.5 Å². The molecule has 0 saturated carbocycles. The van der Waals surface area contributed by atoms with Gasteiger partial charge in [0.15, 0.2) is 0 Å². The maximum atomic E-state index is 13.2. The van der Waals surface area contributed by atoms with Gasteiger partial charge in [0.05, 0.1) is 17.1 Å². The molecular formula is C22H22FN3O5S.